The molecule has 3 rings (SSSR count). The fourth-order valence-corrected chi connectivity index (χ4v) is 4.87. The molecule has 0 aromatic heterocycles. The molecule has 2 aromatic carbocycles. The van der Waals surface area contributed by atoms with Gasteiger partial charge in [0.2, 0.25) is 0 Å². The number of aliphatic hydroxyl groups is 1. The number of hydrogen-bond acceptors (Lipinski definition) is 7. The van der Waals surface area contributed by atoms with Crippen molar-refractivity contribution >= 4 is 7.60 Å². The molecule has 31 heavy (non-hydrogen) atoms. The number of ether oxygens (including phenoxy) is 2. The fraction of sp³-hybridized carbons (Fsp3) is 0.429. The Labute approximate surface area is 181 Å². The molecular weight excluding hydrogens is 421 g/mol. The summed E-state index contributed by atoms with van der Waals surface area (Å²) in [6.45, 7) is 3.16. The first-order valence-electron chi connectivity index (χ1n) is 9.84. The zero-order chi connectivity index (χ0) is 22.3. The summed E-state index contributed by atoms with van der Waals surface area (Å²) < 4.78 is 36.6. The molecule has 1 fully saturated rings. The van der Waals surface area contributed by atoms with Crippen molar-refractivity contribution in [2.75, 3.05) is 6.54 Å². The molecule has 3 atom stereocenters. The van der Waals surface area contributed by atoms with Crippen LogP contribution in [0.1, 0.15) is 25.0 Å². The molecule has 1 aliphatic rings. The summed E-state index contributed by atoms with van der Waals surface area (Å²) in [5, 5.41) is 14.6. The Morgan fingerprint density at radius 3 is 2.06 bits per heavy atom. The van der Waals surface area contributed by atoms with Gasteiger partial charge >= 0.3 is 7.60 Å². The molecule has 0 radical (unpaired) electrons. The molecule has 1 heterocycles. The van der Waals surface area contributed by atoms with E-state index in [0.717, 1.165) is 11.1 Å². The number of rotatable bonds is 10. The highest BCUT2D eigenvalue weighted by Crippen LogP contribution is 2.56. The van der Waals surface area contributed by atoms with E-state index in [0.29, 0.717) is 0 Å². The quantitative estimate of drug-likeness (QED) is 0.242. The van der Waals surface area contributed by atoms with Gasteiger partial charge < -0.3 is 23.6 Å². The largest absolute Gasteiger partial charge is 0.378 e. The summed E-state index contributed by atoms with van der Waals surface area (Å²) in [6, 6.07) is 18.3. The van der Waals surface area contributed by atoms with Gasteiger partial charge in [-0.25, -0.2) is 0 Å². The second-order valence-corrected chi connectivity index (χ2v) is 9.65. The molecule has 10 heteroatoms. The van der Waals surface area contributed by atoms with E-state index in [1.54, 1.807) is 13.8 Å². The third-order valence-corrected chi connectivity index (χ3v) is 6.59. The summed E-state index contributed by atoms with van der Waals surface area (Å²) >= 11 is 0. The lowest BCUT2D eigenvalue weighted by atomic mass is 10.2. The highest BCUT2D eigenvalue weighted by Gasteiger charge is 2.52. The molecule has 166 valence electrons. The van der Waals surface area contributed by atoms with E-state index in [4.69, 9.17) is 24.1 Å². The van der Waals surface area contributed by atoms with Crippen molar-refractivity contribution in [2.24, 2.45) is 5.11 Å². The molecule has 0 bridgehead atoms. The van der Waals surface area contributed by atoms with Gasteiger partial charge in [0.25, 0.3) is 0 Å². The van der Waals surface area contributed by atoms with Crippen molar-refractivity contribution in [2.45, 2.75) is 50.9 Å². The second-order valence-electron chi connectivity index (χ2n) is 7.52. The van der Waals surface area contributed by atoms with Crippen molar-refractivity contribution in [3.63, 3.8) is 0 Å². The minimum Gasteiger partial charge on any atom is -0.378 e. The van der Waals surface area contributed by atoms with E-state index in [1.165, 1.54) is 0 Å². The van der Waals surface area contributed by atoms with Gasteiger partial charge in [0.1, 0.15) is 6.10 Å². The van der Waals surface area contributed by atoms with Crippen LogP contribution in [-0.2, 0) is 36.3 Å². The Morgan fingerprint density at radius 1 is 1.06 bits per heavy atom. The van der Waals surface area contributed by atoms with E-state index in [2.05, 4.69) is 10.0 Å². The fourth-order valence-electron chi connectivity index (χ4n) is 3.22. The van der Waals surface area contributed by atoms with Crippen molar-refractivity contribution in [1.29, 1.82) is 0 Å². The van der Waals surface area contributed by atoms with Crippen molar-refractivity contribution in [3.05, 3.63) is 82.2 Å². The van der Waals surface area contributed by atoms with Crippen LogP contribution in [0.25, 0.3) is 10.4 Å². The summed E-state index contributed by atoms with van der Waals surface area (Å²) in [5.74, 6) is -2.72. The summed E-state index contributed by atoms with van der Waals surface area (Å²) in [7, 11) is -4.10. The second kappa shape index (κ2) is 10.4. The van der Waals surface area contributed by atoms with Gasteiger partial charge in [0.15, 0.2) is 11.6 Å². The van der Waals surface area contributed by atoms with Crippen LogP contribution in [0.4, 0.5) is 0 Å². The van der Waals surface area contributed by atoms with Crippen molar-refractivity contribution in [3.8, 4) is 0 Å². The lowest BCUT2D eigenvalue weighted by molar-refractivity contribution is -0.151. The maximum Gasteiger partial charge on any atom is 0.362 e. The van der Waals surface area contributed by atoms with Crippen LogP contribution in [0.2, 0.25) is 0 Å². The summed E-state index contributed by atoms with van der Waals surface area (Å²) in [6.07, 6.45) is -1.88. The molecule has 0 saturated carbocycles. The Bertz CT molecular complexity index is 889. The van der Waals surface area contributed by atoms with Gasteiger partial charge in [-0.05, 0) is 30.5 Å². The average molecular weight is 447 g/mol. The summed E-state index contributed by atoms with van der Waals surface area (Å²) in [4.78, 5) is 2.73. The first-order chi connectivity index (χ1) is 14.8. The number of aliphatic hydroxyl groups excluding tert-OH is 1. The number of hydrogen-bond donors (Lipinski definition) is 1. The zero-order valence-corrected chi connectivity index (χ0v) is 18.3. The lowest BCUT2D eigenvalue weighted by Crippen LogP contribution is -2.37. The van der Waals surface area contributed by atoms with Gasteiger partial charge in [-0.2, -0.15) is 0 Å². The predicted molar refractivity (Wildman–Crippen MR) is 114 cm³/mol. The van der Waals surface area contributed by atoms with Crippen LogP contribution < -0.4 is 0 Å². The first kappa shape index (κ1) is 23.4. The molecule has 0 aliphatic carbocycles. The zero-order valence-electron chi connectivity index (χ0n) is 17.4. The van der Waals surface area contributed by atoms with E-state index < -0.39 is 31.4 Å². The number of nitrogens with zero attached hydrogens (tertiary/aromatic N) is 3. The SMILES string of the molecule is CC1(C)O[C@@H]([C@@H](O)P(=O)(OCc2ccccc2)OCc2ccccc2)[C@H](CN=[N+]=[N-])O1. The predicted octanol–water partition coefficient (Wildman–Crippen LogP) is 4.76. The monoisotopic (exact) mass is 447 g/mol. The highest BCUT2D eigenvalue weighted by atomic mass is 31.2. The molecule has 2 aromatic rings. The standard InChI is InChI=1S/C21H26N3O6P/c1-21(2)29-18(13-23-24-22)19(30-21)20(25)31(26,27-14-16-9-5-3-6-10-16)28-15-17-11-7-4-8-12-17/h3-12,18-20,25H,13-15H2,1-2H3/t18-,19+,20-/m0/s1. The normalized spacial score (nSPS) is 21.4. The van der Waals surface area contributed by atoms with Crippen LogP contribution in [0.5, 0.6) is 0 Å². The number of benzene rings is 2. The van der Waals surface area contributed by atoms with Crippen LogP contribution in [0.15, 0.2) is 65.8 Å². The van der Waals surface area contributed by atoms with Crippen LogP contribution in [0.3, 0.4) is 0 Å². The molecule has 1 N–H and O–H groups in total. The molecule has 0 spiro atoms. The molecule has 1 saturated heterocycles. The van der Waals surface area contributed by atoms with Crippen LogP contribution in [0, 0.1) is 0 Å². The maximum atomic E-state index is 13.7. The average Bonchev–Trinajstić information content (AvgIpc) is 3.10. The number of azide groups is 1. The van der Waals surface area contributed by atoms with Gasteiger partial charge in [-0.1, -0.05) is 65.8 Å². The Morgan fingerprint density at radius 2 is 1.58 bits per heavy atom. The maximum absolute atomic E-state index is 13.7. The highest BCUT2D eigenvalue weighted by molar-refractivity contribution is 7.54. The molecule has 1 aliphatic heterocycles. The molecule has 9 nitrogen and oxygen atoms in total. The van der Waals surface area contributed by atoms with Gasteiger partial charge in [-0.3, -0.25) is 4.57 Å². The smallest absolute Gasteiger partial charge is 0.362 e. The van der Waals surface area contributed by atoms with Crippen molar-refractivity contribution < 1.29 is 28.2 Å². The Hall–Kier alpha value is -2.22. The van der Waals surface area contributed by atoms with Gasteiger partial charge in [-0.15, -0.1) is 0 Å². The van der Waals surface area contributed by atoms with Crippen molar-refractivity contribution in [1.82, 2.24) is 0 Å². The Balaban J connectivity index is 1.82. The van der Waals surface area contributed by atoms with E-state index in [-0.39, 0.29) is 19.8 Å². The van der Waals surface area contributed by atoms with E-state index in [1.807, 2.05) is 60.7 Å². The van der Waals surface area contributed by atoms with E-state index in [9.17, 15) is 9.67 Å². The van der Waals surface area contributed by atoms with E-state index >= 15 is 0 Å². The van der Waals surface area contributed by atoms with Crippen LogP contribution in [-0.4, -0.2) is 35.5 Å². The first-order valence-corrected chi connectivity index (χ1v) is 11.5. The molecular formula is C21H26N3O6P. The lowest BCUT2D eigenvalue weighted by Gasteiger charge is -2.28. The topological polar surface area (TPSA) is 123 Å². The third kappa shape index (κ3) is 6.38. The third-order valence-electron chi connectivity index (χ3n) is 4.67. The van der Waals surface area contributed by atoms with Gasteiger partial charge in [0.05, 0.1) is 25.9 Å². The molecule has 0 unspecified atom stereocenters. The van der Waals surface area contributed by atoms with Gasteiger partial charge in [0, 0.05) is 4.91 Å². The van der Waals surface area contributed by atoms with Crippen LogP contribution >= 0.6 is 7.60 Å². The summed E-state index contributed by atoms with van der Waals surface area (Å²) in [5.41, 5.74) is 10.2. The molecule has 0 amide bonds. The minimum atomic E-state index is -4.10. The Kier molecular flexibility index (Phi) is 7.86. The minimum absolute atomic E-state index is 0.0258.